The Labute approximate surface area is 123 Å². The molecule has 3 heteroatoms. The lowest BCUT2D eigenvalue weighted by Crippen LogP contribution is -1.88. The Hall–Kier alpha value is -2.24. The van der Waals surface area contributed by atoms with E-state index in [2.05, 4.69) is 6.07 Å². The third-order valence-corrected chi connectivity index (χ3v) is 3.34. The van der Waals surface area contributed by atoms with Crippen LogP contribution in [0.3, 0.4) is 0 Å². The summed E-state index contributed by atoms with van der Waals surface area (Å²) in [7, 11) is 1.64. The molecular formula is C17H14ClNO. The van der Waals surface area contributed by atoms with Gasteiger partial charge in [-0.05, 0) is 42.3 Å². The maximum atomic E-state index is 9.33. The van der Waals surface area contributed by atoms with Gasteiger partial charge in [0.25, 0.3) is 0 Å². The van der Waals surface area contributed by atoms with E-state index in [-0.39, 0.29) is 0 Å². The number of rotatable bonds is 3. The summed E-state index contributed by atoms with van der Waals surface area (Å²) in [4.78, 5) is 0. The van der Waals surface area contributed by atoms with E-state index in [1.807, 2.05) is 49.4 Å². The Morgan fingerprint density at radius 1 is 1.25 bits per heavy atom. The summed E-state index contributed by atoms with van der Waals surface area (Å²) in [6, 6.07) is 15.3. The van der Waals surface area contributed by atoms with E-state index in [4.69, 9.17) is 16.3 Å². The van der Waals surface area contributed by atoms with Crippen molar-refractivity contribution in [2.24, 2.45) is 0 Å². The summed E-state index contributed by atoms with van der Waals surface area (Å²) >= 11 is 6.13. The third kappa shape index (κ3) is 3.01. The van der Waals surface area contributed by atoms with Gasteiger partial charge >= 0.3 is 0 Å². The normalized spacial score (nSPS) is 11.0. The summed E-state index contributed by atoms with van der Waals surface area (Å²) in [6.07, 6.45) is 1.83. The van der Waals surface area contributed by atoms with Gasteiger partial charge in [0.05, 0.1) is 18.8 Å². The first-order chi connectivity index (χ1) is 9.65. The van der Waals surface area contributed by atoms with Crippen molar-refractivity contribution in [1.82, 2.24) is 0 Å². The smallest absolute Gasteiger partial charge is 0.121 e. The second-order valence-corrected chi connectivity index (χ2v) is 4.79. The van der Waals surface area contributed by atoms with Crippen LogP contribution in [0.2, 0.25) is 5.02 Å². The minimum absolute atomic E-state index is 0.542. The zero-order chi connectivity index (χ0) is 14.5. The molecule has 2 rings (SSSR count). The van der Waals surface area contributed by atoms with Crippen molar-refractivity contribution in [3.05, 3.63) is 64.2 Å². The SMILES string of the molecule is COc1ccc(C=C(C#N)c2ccccc2Cl)cc1C. The Morgan fingerprint density at radius 2 is 2.00 bits per heavy atom. The first kappa shape index (κ1) is 14.2. The van der Waals surface area contributed by atoms with Crippen molar-refractivity contribution in [1.29, 1.82) is 5.26 Å². The highest BCUT2D eigenvalue weighted by molar-refractivity contribution is 6.32. The van der Waals surface area contributed by atoms with Crippen molar-refractivity contribution >= 4 is 23.3 Å². The summed E-state index contributed by atoms with van der Waals surface area (Å²) in [5, 5.41) is 9.91. The van der Waals surface area contributed by atoms with Crippen LogP contribution in [0.1, 0.15) is 16.7 Å². The maximum absolute atomic E-state index is 9.33. The molecule has 0 aliphatic carbocycles. The van der Waals surface area contributed by atoms with Crippen LogP contribution < -0.4 is 4.74 Å². The second kappa shape index (κ2) is 6.27. The highest BCUT2D eigenvalue weighted by Gasteiger charge is 2.06. The lowest BCUT2D eigenvalue weighted by atomic mass is 10.0. The molecule has 0 heterocycles. The van der Waals surface area contributed by atoms with E-state index >= 15 is 0 Å². The van der Waals surface area contributed by atoms with Crippen LogP contribution in [0.25, 0.3) is 11.6 Å². The lowest BCUT2D eigenvalue weighted by molar-refractivity contribution is 0.411. The van der Waals surface area contributed by atoms with Gasteiger partial charge in [0, 0.05) is 10.6 Å². The van der Waals surface area contributed by atoms with E-state index in [1.165, 1.54) is 0 Å². The molecule has 0 spiro atoms. The van der Waals surface area contributed by atoms with E-state index < -0.39 is 0 Å². The molecule has 2 nitrogen and oxygen atoms in total. The van der Waals surface area contributed by atoms with Gasteiger partial charge in [-0.15, -0.1) is 0 Å². The molecule has 0 bridgehead atoms. The van der Waals surface area contributed by atoms with Gasteiger partial charge in [-0.25, -0.2) is 0 Å². The third-order valence-electron chi connectivity index (χ3n) is 3.01. The molecule has 2 aromatic carbocycles. The van der Waals surface area contributed by atoms with Crippen LogP contribution in [0.15, 0.2) is 42.5 Å². The molecule has 0 aliphatic heterocycles. The molecule has 0 amide bonds. The van der Waals surface area contributed by atoms with Crippen molar-refractivity contribution in [3.63, 3.8) is 0 Å². The zero-order valence-electron chi connectivity index (χ0n) is 11.4. The lowest BCUT2D eigenvalue weighted by Gasteiger charge is -2.06. The van der Waals surface area contributed by atoms with Crippen molar-refractivity contribution in [2.45, 2.75) is 6.92 Å². The first-order valence-corrected chi connectivity index (χ1v) is 6.55. The van der Waals surface area contributed by atoms with Crippen molar-refractivity contribution in [3.8, 4) is 11.8 Å². The molecule has 2 aromatic rings. The number of nitriles is 1. The number of halogens is 1. The maximum Gasteiger partial charge on any atom is 0.121 e. The Morgan fingerprint density at radius 3 is 2.60 bits per heavy atom. The fraction of sp³-hybridized carbons (Fsp3) is 0.118. The van der Waals surface area contributed by atoms with Crippen LogP contribution >= 0.6 is 11.6 Å². The Bertz CT molecular complexity index is 698. The summed E-state index contributed by atoms with van der Waals surface area (Å²) in [5.74, 6) is 0.832. The molecular weight excluding hydrogens is 270 g/mol. The average Bonchev–Trinajstić information content (AvgIpc) is 2.46. The number of benzene rings is 2. The second-order valence-electron chi connectivity index (χ2n) is 4.38. The number of methoxy groups -OCH3 is 1. The number of hydrogen-bond donors (Lipinski definition) is 0. The molecule has 0 aliphatic rings. The standard InChI is InChI=1S/C17H14ClNO/c1-12-9-13(7-8-17(12)20-2)10-14(11-19)15-5-3-4-6-16(15)18/h3-10H,1-2H3. The molecule has 0 aromatic heterocycles. The number of allylic oxidation sites excluding steroid dienone is 1. The summed E-state index contributed by atoms with van der Waals surface area (Å²) in [6.45, 7) is 1.97. The Balaban J connectivity index is 2.45. The fourth-order valence-electron chi connectivity index (χ4n) is 2.01. The van der Waals surface area contributed by atoms with Gasteiger partial charge < -0.3 is 4.74 Å². The highest BCUT2D eigenvalue weighted by Crippen LogP contribution is 2.26. The quantitative estimate of drug-likeness (QED) is 0.603. The predicted octanol–water partition coefficient (Wildman–Crippen LogP) is 4.72. The van der Waals surface area contributed by atoms with Gasteiger partial charge in [0.2, 0.25) is 0 Å². The molecule has 20 heavy (non-hydrogen) atoms. The van der Waals surface area contributed by atoms with E-state index in [1.54, 1.807) is 13.2 Å². The largest absolute Gasteiger partial charge is 0.496 e. The molecule has 0 fully saturated rings. The van der Waals surface area contributed by atoms with E-state index in [0.29, 0.717) is 10.6 Å². The van der Waals surface area contributed by atoms with Gasteiger partial charge in [-0.2, -0.15) is 5.26 Å². The summed E-state index contributed by atoms with van der Waals surface area (Å²) < 4.78 is 5.23. The Kier molecular flexibility index (Phi) is 4.45. The van der Waals surface area contributed by atoms with Crippen LogP contribution in [0, 0.1) is 18.3 Å². The minimum Gasteiger partial charge on any atom is -0.496 e. The van der Waals surface area contributed by atoms with Crippen LogP contribution in [0.4, 0.5) is 0 Å². The van der Waals surface area contributed by atoms with Gasteiger partial charge in [0.1, 0.15) is 5.75 Å². The topological polar surface area (TPSA) is 33.0 Å². The van der Waals surface area contributed by atoms with Crippen LogP contribution in [-0.4, -0.2) is 7.11 Å². The predicted molar refractivity (Wildman–Crippen MR) is 82.7 cm³/mol. The molecule has 0 radical (unpaired) electrons. The molecule has 100 valence electrons. The summed E-state index contributed by atoms with van der Waals surface area (Å²) in [5.41, 5.74) is 3.25. The number of nitrogens with zero attached hydrogens (tertiary/aromatic N) is 1. The average molecular weight is 284 g/mol. The molecule has 0 saturated carbocycles. The van der Waals surface area contributed by atoms with Gasteiger partial charge in [-0.3, -0.25) is 0 Å². The molecule has 0 saturated heterocycles. The van der Waals surface area contributed by atoms with Crippen molar-refractivity contribution < 1.29 is 4.74 Å². The number of hydrogen-bond acceptors (Lipinski definition) is 2. The highest BCUT2D eigenvalue weighted by atomic mass is 35.5. The first-order valence-electron chi connectivity index (χ1n) is 6.17. The van der Waals surface area contributed by atoms with Crippen LogP contribution in [-0.2, 0) is 0 Å². The van der Waals surface area contributed by atoms with Gasteiger partial charge in [0.15, 0.2) is 0 Å². The monoisotopic (exact) mass is 283 g/mol. The molecule has 0 atom stereocenters. The van der Waals surface area contributed by atoms with E-state index in [9.17, 15) is 5.26 Å². The van der Waals surface area contributed by atoms with E-state index in [0.717, 1.165) is 22.4 Å². The molecule has 0 N–H and O–H groups in total. The molecule has 0 unspecified atom stereocenters. The number of ether oxygens (including phenoxy) is 1. The minimum atomic E-state index is 0.542. The van der Waals surface area contributed by atoms with Crippen LogP contribution in [0.5, 0.6) is 5.75 Å². The van der Waals surface area contributed by atoms with Crippen molar-refractivity contribution in [2.75, 3.05) is 7.11 Å². The number of aryl methyl sites for hydroxylation is 1. The van der Waals surface area contributed by atoms with Gasteiger partial charge in [-0.1, -0.05) is 35.9 Å². The zero-order valence-corrected chi connectivity index (χ0v) is 12.1. The fourth-order valence-corrected chi connectivity index (χ4v) is 2.25.